The molecule has 0 aliphatic heterocycles. The summed E-state index contributed by atoms with van der Waals surface area (Å²) in [6.07, 6.45) is 21.9. The molecule has 0 aliphatic rings. The van der Waals surface area contributed by atoms with Crippen molar-refractivity contribution in [2.75, 3.05) is 0 Å². The Kier molecular flexibility index (Phi) is 18.2. The van der Waals surface area contributed by atoms with Gasteiger partial charge >= 0.3 is 0 Å². The topological polar surface area (TPSA) is 0 Å². The predicted octanol–water partition coefficient (Wildman–Crippen LogP) is 7.27. The van der Waals surface area contributed by atoms with Crippen LogP contribution in [-0.2, 0) is 0 Å². The molecule has 0 heteroatoms. The Morgan fingerprint density at radius 2 is 0.750 bits per heavy atom. The van der Waals surface area contributed by atoms with Crippen LogP contribution in [0.5, 0.6) is 0 Å². The summed E-state index contributed by atoms with van der Waals surface area (Å²) in [6, 6.07) is 0. The third-order valence-electron chi connectivity index (χ3n) is 3.94. The van der Waals surface area contributed by atoms with E-state index >= 15 is 0 Å². The highest BCUT2D eigenvalue weighted by molar-refractivity contribution is 4.98. The van der Waals surface area contributed by atoms with E-state index in [9.17, 15) is 0 Å². The number of rotatable bonds is 14. The van der Waals surface area contributed by atoms with Gasteiger partial charge in [0.25, 0.3) is 0 Å². The van der Waals surface area contributed by atoms with Gasteiger partial charge in [0.15, 0.2) is 0 Å². The molecule has 0 aliphatic carbocycles. The van der Waals surface area contributed by atoms with Gasteiger partial charge in [0.05, 0.1) is 0 Å². The average molecular weight is 279 g/mol. The fourth-order valence-corrected chi connectivity index (χ4v) is 2.50. The molecule has 0 atom stereocenters. The Labute approximate surface area is 129 Å². The molecule has 0 aromatic heterocycles. The van der Waals surface area contributed by atoms with Crippen molar-refractivity contribution >= 4 is 0 Å². The molecule has 0 N–H and O–H groups in total. The van der Waals surface area contributed by atoms with Crippen LogP contribution in [0.2, 0.25) is 0 Å². The van der Waals surface area contributed by atoms with E-state index in [1.807, 2.05) is 0 Å². The quantitative estimate of drug-likeness (QED) is 0.231. The van der Waals surface area contributed by atoms with Crippen molar-refractivity contribution in [3.63, 3.8) is 0 Å². The largest absolute Gasteiger partial charge is 0.103 e. The second kappa shape index (κ2) is 18.6. The number of hydrogen-bond acceptors (Lipinski definition) is 0. The molecule has 0 heterocycles. The van der Waals surface area contributed by atoms with Crippen LogP contribution in [0.25, 0.3) is 0 Å². The minimum atomic E-state index is 1.11. The molecular weight excluding hydrogens is 240 g/mol. The monoisotopic (exact) mass is 278 g/mol. The fourth-order valence-electron chi connectivity index (χ4n) is 2.50. The molecule has 0 aromatic carbocycles. The Bertz CT molecular complexity index is 218. The normalized spacial score (nSPS) is 10.3. The van der Waals surface area contributed by atoms with Gasteiger partial charge in [-0.15, -0.1) is 11.8 Å². The highest BCUT2D eigenvalue weighted by Crippen LogP contribution is 2.12. The Morgan fingerprint density at radius 1 is 0.400 bits per heavy atom. The molecular formula is C20H38. The van der Waals surface area contributed by atoms with E-state index in [0.29, 0.717) is 0 Å². The minimum Gasteiger partial charge on any atom is -0.103 e. The van der Waals surface area contributed by atoms with Crippen LogP contribution in [0.3, 0.4) is 0 Å². The van der Waals surface area contributed by atoms with E-state index in [-0.39, 0.29) is 0 Å². The summed E-state index contributed by atoms with van der Waals surface area (Å²) in [5, 5.41) is 0. The van der Waals surface area contributed by atoms with Crippen LogP contribution in [0.4, 0.5) is 0 Å². The summed E-state index contributed by atoms with van der Waals surface area (Å²) >= 11 is 0. The van der Waals surface area contributed by atoms with Crippen LogP contribution >= 0.6 is 0 Å². The van der Waals surface area contributed by atoms with Gasteiger partial charge in [-0.3, -0.25) is 0 Å². The van der Waals surface area contributed by atoms with E-state index in [1.54, 1.807) is 0 Å². The van der Waals surface area contributed by atoms with Crippen molar-refractivity contribution in [3.05, 3.63) is 0 Å². The first-order chi connectivity index (χ1) is 9.91. The van der Waals surface area contributed by atoms with Gasteiger partial charge in [0.1, 0.15) is 0 Å². The standard InChI is InChI=1S/C20H38/c1-3-5-7-9-11-13-15-17-19-20-18-16-14-12-10-8-6-4-2/h3-9,11,13-20H2,1-2H3. The van der Waals surface area contributed by atoms with Crippen molar-refractivity contribution in [2.24, 2.45) is 0 Å². The lowest BCUT2D eigenvalue weighted by molar-refractivity contribution is 0.545. The van der Waals surface area contributed by atoms with Gasteiger partial charge in [-0.25, -0.2) is 0 Å². The zero-order valence-electron chi connectivity index (χ0n) is 14.3. The maximum atomic E-state index is 3.31. The second-order valence-corrected chi connectivity index (χ2v) is 6.10. The van der Waals surface area contributed by atoms with Crippen LogP contribution < -0.4 is 0 Å². The van der Waals surface area contributed by atoms with Crippen molar-refractivity contribution < 1.29 is 0 Å². The van der Waals surface area contributed by atoms with Crippen molar-refractivity contribution in [3.8, 4) is 11.8 Å². The lowest BCUT2D eigenvalue weighted by Gasteiger charge is -2.01. The van der Waals surface area contributed by atoms with Crippen molar-refractivity contribution in [1.82, 2.24) is 0 Å². The van der Waals surface area contributed by atoms with Crippen molar-refractivity contribution in [1.29, 1.82) is 0 Å². The number of hydrogen-bond donors (Lipinski definition) is 0. The molecule has 0 nitrogen and oxygen atoms in total. The average Bonchev–Trinajstić information content (AvgIpc) is 2.47. The first kappa shape index (κ1) is 19.6. The highest BCUT2D eigenvalue weighted by atomic mass is 14.0. The summed E-state index contributed by atoms with van der Waals surface area (Å²) in [7, 11) is 0. The fraction of sp³-hybridized carbons (Fsp3) is 0.900. The third-order valence-corrected chi connectivity index (χ3v) is 3.94. The Balaban J connectivity index is 3.00. The first-order valence-corrected chi connectivity index (χ1v) is 9.37. The Morgan fingerprint density at radius 3 is 1.20 bits per heavy atom. The molecule has 118 valence electrons. The van der Waals surface area contributed by atoms with Gasteiger partial charge in [-0.2, -0.15) is 0 Å². The molecule has 0 rings (SSSR count). The van der Waals surface area contributed by atoms with Crippen LogP contribution in [0, 0.1) is 11.8 Å². The zero-order valence-corrected chi connectivity index (χ0v) is 14.3. The summed E-state index contributed by atoms with van der Waals surface area (Å²) in [5.74, 6) is 6.58. The smallest absolute Gasteiger partial charge is 0.00886 e. The number of unbranched alkanes of at least 4 members (excludes halogenated alkanes) is 14. The van der Waals surface area contributed by atoms with Crippen LogP contribution in [0.1, 0.15) is 117 Å². The summed E-state index contributed by atoms with van der Waals surface area (Å²) in [4.78, 5) is 0. The summed E-state index contributed by atoms with van der Waals surface area (Å²) in [6.45, 7) is 4.52. The Hall–Kier alpha value is -0.440. The summed E-state index contributed by atoms with van der Waals surface area (Å²) in [5.41, 5.74) is 0. The molecule has 0 saturated carbocycles. The SMILES string of the molecule is CCCCC#CCCCCCCCCCCCCCC. The van der Waals surface area contributed by atoms with Gasteiger partial charge < -0.3 is 0 Å². The van der Waals surface area contributed by atoms with E-state index in [4.69, 9.17) is 0 Å². The van der Waals surface area contributed by atoms with Crippen LogP contribution in [-0.4, -0.2) is 0 Å². The van der Waals surface area contributed by atoms with Gasteiger partial charge in [0.2, 0.25) is 0 Å². The summed E-state index contributed by atoms with van der Waals surface area (Å²) < 4.78 is 0. The molecule has 0 amide bonds. The minimum absolute atomic E-state index is 1.11. The van der Waals surface area contributed by atoms with Gasteiger partial charge in [0, 0.05) is 12.8 Å². The molecule has 0 saturated heterocycles. The molecule has 0 unspecified atom stereocenters. The van der Waals surface area contributed by atoms with Crippen molar-refractivity contribution in [2.45, 2.75) is 117 Å². The van der Waals surface area contributed by atoms with E-state index in [2.05, 4.69) is 25.7 Å². The molecule has 0 spiro atoms. The molecule has 20 heavy (non-hydrogen) atoms. The maximum absolute atomic E-state index is 3.31. The second-order valence-electron chi connectivity index (χ2n) is 6.10. The van der Waals surface area contributed by atoms with E-state index in [1.165, 1.54) is 89.9 Å². The zero-order chi connectivity index (χ0) is 14.7. The molecule has 0 fully saturated rings. The molecule has 0 aromatic rings. The van der Waals surface area contributed by atoms with Crippen LogP contribution in [0.15, 0.2) is 0 Å². The van der Waals surface area contributed by atoms with E-state index < -0.39 is 0 Å². The molecule has 0 radical (unpaired) electrons. The first-order valence-electron chi connectivity index (χ1n) is 9.37. The lowest BCUT2D eigenvalue weighted by Crippen LogP contribution is -1.82. The predicted molar refractivity (Wildman–Crippen MR) is 93.0 cm³/mol. The maximum Gasteiger partial charge on any atom is 0.00886 e. The van der Waals surface area contributed by atoms with E-state index in [0.717, 1.165) is 12.8 Å². The van der Waals surface area contributed by atoms with Gasteiger partial charge in [-0.05, 0) is 12.8 Å². The molecule has 0 bridgehead atoms. The highest BCUT2D eigenvalue weighted by Gasteiger charge is 1.92. The third kappa shape index (κ3) is 17.6. The van der Waals surface area contributed by atoms with Gasteiger partial charge in [-0.1, -0.05) is 90.9 Å². The lowest BCUT2D eigenvalue weighted by atomic mass is 10.0.